The maximum Gasteiger partial charge on any atom is 0.309 e. The van der Waals surface area contributed by atoms with Crippen molar-refractivity contribution in [3.8, 4) is 0 Å². The number of aliphatic carboxylic acids is 1. The Morgan fingerprint density at radius 2 is 2.00 bits per heavy atom. The summed E-state index contributed by atoms with van der Waals surface area (Å²) in [5.74, 6) is -1.61. The summed E-state index contributed by atoms with van der Waals surface area (Å²) < 4.78 is 13.5. The van der Waals surface area contributed by atoms with E-state index < -0.39 is 17.2 Å². The van der Waals surface area contributed by atoms with E-state index in [9.17, 15) is 19.1 Å². The highest BCUT2D eigenvalue weighted by atomic mass is 19.1. The van der Waals surface area contributed by atoms with Crippen LogP contribution in [0.5, 0.6) is 0 Å². The predicted octanol–water partition coefficient (Wildman–Crippen LogP) is 3.10. The molecule has 0 saturated carbocycles. The number of rotatable bonds is 3. The third kappa shape index (κ3) is 3.29. The van der Waals surface area contributed by atoms with Crippen molar-refractivity contribution in [2.45, 2.75) is 33.6 Å². The van der Waals surface area contributed by atoms with Crippen LogP contribution in [0, 0.1) is 24.1 Å². The second-order valence-corrected chi connectivity index (χ2v) is 6.63. The molecule has 0 radical (unpaired) electrons. The van der Waals surface area contributed by atoms with Gasteiger partial charge in [0.1, 0.15) is 5.82 Å². The second-order valence-electron chi connectivity index (χ2n) is 6.63. The van der Waals surface area contributed by atoms with Gasteiger partial charge in [0, 0.05) is 18.7 Å². The van der Waals surface area contributed by atoms with Gasteiger partial charge in [0.15, 0.2) is 0 Å². The Morgan fingerprint density at radius 1 is 1.32 bits per heavy atom. The zero-order chi connectivity index (χ0) is 16.5. The molecule has 0 unspecified atom stereocenters. The minimum atomic E-state index is -0.878. The van der Waals surface area contributed by atoms with Gasteiger partial charge in [0.25, 0.3) is 5.91 Å². The van der Waals surface area contributed by atoms with Crippen LogP contribution >= 0.6 is 0 Å². The molecule has 0 bridgehead atoms. The molecule has 0 aromatic heterocycles. The Kier molecular flexibility index (Phi) is 4.54. The number of carboxylic acid groups (broad SMARTS) is 1. The molecule has 5 heteroatoms. The lowest BCUT2D eigenvalue weighted by atomic mass is 9.74. The summed E-state index contributed by atoms with van der Waals surface area (Å²) in [5, 5.41) is 9.36. The maximum absolute atomic E-state index is 13.5. The Balaban J connectivity index is 2.18. The molecule has 1 aliphatic heterocycles. The average Bonchev–Trinajstić information content (AvgIpc) is 2.45. The van der Waals surface area contributed by atoms with Gasteiger partial charge < -0.3 is 10.0 Å². The Morgan fingerprint density at radius 3 is 2.59 bits per heavy atom. The van der Waals surface area contributed by atoms with Gasteiger partial charge in [0.05, 0.1) is 5.41 Å². The second kappa shape index (κ2) is 6.07. The fourth-order valence-corrected chi connectivity index (χ4v) is 2.97. The topological polar surface area (TPSA) is 57.6 Å². The number of hydrogen-bond donors (Lipinski definition) is 1. The van der Waals surface area contributed by atoms with Crippen LogP contribution in [0.4, 0.5) is 4.39 Å². The third-order valence-corrected chi connectivity index (χ3v) is 4.57. The van der Waals surface area contributed by atoms with Crippen molar-refractivity contribution in [1.82, 2.24) is 4.90 Å². The molecule has 1 aromatic rings. The van der Waals surface area contributed by atoms with Crippen LogP contribution in [0.15, 0.2) is 18.2 Å². The van der Waals surface area contributed by atoms with E-state index in [-0.39, 0.29) is 11.8 Å². The molecule has 0 spiro atoms. The number of halogens is 1. The predicted molar refractivity (Wildman–Crippen MR) is 81.2 cm³/mol. The number of nitrogens with zero attached hydrogens (tertiary/aromatic N) is 1. The zero-order valence-corrected chi connectivity index (χ0v) is 13.2. The van der Waals surface area contributed by atoms with Crippen molar-refractivity contribution in [2.75, 3.05) is 13.1 Å². The highest BCUT2D eigenvalue weighted by Crippen LogP contribution is 2.34. The van der Waals surface area contributed by atoms with Crippen LogP contribution in [0.25, 0.3) is 0 Å². The molecule has 1 aromatic carbocycles. The third-order valence-electron chi connectivity index (χ3n) is 4.57. The minimum absolute atomic E-state index is 0.0997. The van der Waals surface area contributed by atoms with Crippen LogP contribution in [-0.2, 0) is 4.79 Å². The SMILES string of the molecule is Cc1cc(F)cc(C(=O)N2CCC[C@@H](C(C)(C)C(=O)O)C2)c1. The molecule has 2 rings (SSSR count). The van der Waals surface area contributed by atoms with Gasteiger partial charge in [0.2, 0.25) is 0 Å². The zero-order valence-electron chi connectivity index (χ0n) is 13.2. The molecular weight excluding hydrogens is 285 g/mol. The number of hydrogen-bond acceptors (Lipinski definition) is 2. The van der Waals surface area contributed by atoms with E-state index >= 15 is 0 Å². The normalized spacial score (nSPS) is 19.1. The van der Waals surface area contributed by atoms with Crippen molar-refractivity contribution < 1.29 is 19.1 Å². The molecule has 1 saturated heterocycles. The lowest BCUT2D eigenvalue weighted by molar-refractivity contribution is -0.151. The monoisotopic (exact) mass is 307 g/mol. The lowest BCUT2D eigenvalue weighted by Crippen LogP contribution is -2.46. The number of aryl methyl sites for hydroxylation is 1. The van der Waals surface area contributed by atoms with Crippen molar-refractivity contribution in [2.24, 2.45) is 11.3 Å². The number of piperidine rings is 1. The van der Waals surface area contributed by atoms with E-state index in [1.165, 1.54) is 12.1 Å². The maximum atomic E-state index is 13.5. The molecular formula is C17H22FNO3. The highest BCUT2D eigenvalue weighted by molar-refractivity contribution is 5.94. The van der Waals surface area contributed by atoms with Crippen molar-refractivity contribution >= 4 is 11.9 Å². The fourth-order valence-electron chi connectivity index (χ4n) is 2.97. The molecule has 1 heterocycles. The number of carbonyl (C=O) groups excluding carboxylic acids is 1. The summed E-state index contributed by atoms with van der Waals surface area (Å²) in [6.45, 7) is 6.11. The van der Waals surface area contributed by atoms with E-state index in [2.05, 4.69) is 0 Å². The Bertz CT molecular complexity index is 577. The summed E-state index contributed by atoms with van der Waals surface area (Å²) in [5.41, 5.74) is 0.144. The standard InChI is InChI=1S/C17H22FNO3/c1-11-7-12(9-14(18)8-11)15(20)19-6-4-5-13(10-19)17(2,3)16(21)22/h7-9,13H,4-6,10H2,1-3H3,(H,21,22)/t13-/m1/s1. The average molecular weight is 307 g/mol. The van der Waals surface area contributed by atoms with Crippen LogP contribution in [-0.4, -0.2) is 35.0 Å². The number of carboxylic acids is 1. The number of carbonyl (C=O) groups is 2. The summed E-state index contributed by atoms with van der Waals surface area (Å²) >= 11 is 0. The molecule has 0 aliphatic carbocycles. The largest absolute Gasteiger partial charge is 0.481 e. The van der Waals surface area contributed by atoms with Gasteiger partial charge in [-0.15, -0.1) is 0 Å². The first-order chi connectivity index (χ1) is 10.2. The summed E-state index contributed by atoms with van der Waals surface area (Å²) in [7, 11) is 0. The molecule has 1 fully saturated rings. The van der Waals surface area contributed by atoms with E-state index in [0.29, 0.717) is 24.2 Å². The quantitative estimate of drug-likeness (QED) is 0.933. The number of benzene rings is 1. The fraction of sp³-hybridized carbons (Fsp3) is 0.529. The van der Waals surface area contributed by atoms with Crippen molar-refractivity contribution in [3.05, 3.63) is 35.1 Å². The van der Waals surface area contributed by atoms with Crippen LogP contribution < -0.4 is 0 Å². The summed E-state index contributed by atoms with van der Waals surface area (Å²) in [6.07, 6.45) is 1.55. The van der Waals surface area contributed by atoms with Gasteiger partial charge in [-0.1, -0.05) is 0 Å². The summed E-state index contributed by atoms with van der Waals surface area (Å²) in [6, 6.07) is 4.28. The summed E-state index contributed by atoms with van der Waals surface area (Å²) in [4.78, 5) is 25.6. The molecule has 1 atom stereocenters. The van der Waals surface area contributed by atoms with E-state index in [0.717, 1.165) is 12.8 Å². The van der Waals surface area contributed by atoms with Crippen molar-refractivity contribution in [3.63, 3.8) is 0 Å². The highest BCUT2D eigenvalue weighted by Gasteiger charge is 2.40. The Labute approximate surface area is 129 Å². The van der Waals surface area contributed by atoms with E-state index in [1.54, 1.807) is 31.7 Å². The van der Waals surface area contributed by atoms with Crippen LogP contribution in [0.3, 0.4) is 0 Å². The molecule has 1 aliphatic rings. The minimum Gasteiger partial charge on any atom is -0.481 e. The molecule has 4 nitrogen and oxygen atoms in total. The molecule has 120 valence electrons. The first kappa shape index (κ1) is 16.5. The lowest BCUT2D eigenvalue weighted by Gasteiger charge is -2.39. The number of likely N-dealkylation sites (tertiary alicyclic amines) is 1. The van der Waals surface area contributed by atoms with Gasteiger partial charge in [-0.3, -0.25) is 9.59 Å². The molecule has 1 N–H and O–H groups in total. The van der Waals surface area contributed by atoms with Crippen LogP contribution in [0.2, 0.25) is 0 Å². The van der Waals surface area contributed by atoms with Gasteiger partial charge in [-0.05, 0) is 63.3 Å². The first-order valence-corrected chi connectivity index (χ1v) is 7.51. The Hall–Kier alpha value is -1.91. The first-order valence-electron chi connectivity index (χ1n) is 7.51. The molecule has 22 heavy (non-hydrogen) atoms. The van der Waals surface area contributed by atoms with Crippen molar-refractivity contribution in [1.29, 1.82) is 0 Å². The van der Waals surface area contributed by atoms with Gasteiger partial charge in [-0.2, -0.15) is 0 Å². The molecule has 1 amide bonds. The number of amides is 1. The van der Waals surface area contributed by atoms with E-state index in [1.807, 2.05) is 0 Å². The van der Waals surface area contributed by atoms with Crippen LogP contribution in [0.1, 0.15) is 42.6 Å². The van der Waals surface area contributed by atoms with Gasteiger partial charge >= 0.3 is 5.97 Å². The smallest absolute Gasteiger partial charge is 0.309 e. The van der Waals surface area contributed by atoms with Gasteiger partial charge in [-0.25, -0.2) is 4.39 Å². The van der Waals surface area contributed by atoms with E-state index in [4.69, 9.17) is 0 Å².